The van der Waals surface area contributed by atoms with E-state index in [9.17, 15) is 13.2 Å². The first-order valence-electron chi connectivity index (χ1n) is 14.4. The van der Waals surface area contributed by atoms with Gasteiger partial charge < -0.3 is 14.2 Å². The van der Waals surface area contributed by atoms with Gasteiger partial charge >= 0.3 is 5.97 Å². The van der Waals surface area contributed by atoms with Gasteiger partial charge in [-0.2, -0.15) is 0 Å². The summed E-state index contributed by atoms with van der Waals surface area (Å²) in [6.45, 7) is 7.43. The molecule has 8 heteroatoms. The van der Waals surface area contributed by atoms with Crippen LogP contribution in [0.4, 0.5) is 0 Å². The number of piperidine rings is 1. The number of hydrogen-bond acceptors (Lipinski definition) is 7. The molecule has 0 saturated carbocycles. The Labute approximate surface area is 247 Å². The largest absolute Gasteiger partial charge is 0.492 e. The molecule has 1 heterocycles. The molecule has 0 N–H and O–H groups in total. The minimum Gasteiger partial charge on any atom is -0.492 e. The van der Waals surface area contributed by atoms with E-state index in [0.717, 1.165) is 47.3 Å². The van der Waals surface area contributed by atoms with Crippen LogP contribution in [0.25, 0.3) is 21.9 Å². The van der Waals surface area contributed by atoms with Crippen molar-refractivity contribution < 1.29 is 27.4 Å². The van der Waals surface area contributed by atoms with E-state index >= 15 is 0 Å². The lowest BCUT2D eigenvalue weighted by molar-refractivity contribution is -0.137. The monoisotopic (exact) mass is 587 g/mol. The van der Waals surface area contributed by atoms with Crippen LogP contribution in [0, 0.1) is 5.92 Å². The van der Waals surface area contributed by atoms with Gasteiger partial charge in [-0.1, -0.05) is 38.5 Å². The Hall–Kier alpha value is -3.88. The van der Waals surface area contributed by atoms with Crippen molar-refractivity contribution in [1.29, 1.82) is 0 Å². The number of esters is 1. The molecule has 0 spiro atoms. The van der Waals surface area contributed by atoms with E-state index in [1.165, 1.54) is 25.5 Å². The molecular formula is C34H37NO6S. The molecule has 5 rings (SSSR count). The van der Waals surface area contributed by atoms with Gasteiger partial charge in [0.05, 0.1) is 10.8 Å². The molecule has 0 bridgehead atoms. The number of nitrogens with zero attached hydrogens (tertiary/aromatic N) is 1. The average Bonchev–Trinajstić information content (AvgIpc) is 2.98. The number of ether oxygens (including phenoxy) is 3. The van der Waals surface area contributed by atoms with E-state index in [1.54, 1.807) is 44.2 Å². The van der Waals surface area contributed by atoms with Gasteiger partial charge in [0, 0.05) is 23.8 Å². The van der Waals surface area contributed by atoms with Crippen LogP contribution in [0.5, 0.6) is 23.0 Å². The fraction of sp³-hybridized carbons (Fsp3) is 0.324. The van der Waals surface area contributed by atoms with Gasteiger partial charge in [0.15, 0.2) is 9.84 Å². The first-order valence-corrected chi connectivity index (χ1v) is 16.3. The molecule has 0 radical (unpaired) electrons. The Morgan fingerprint density at radius 2 is 1.50 bits per heavy atom. The number of fused-ring (bicyclic) bond motifs is 1. The quantitative estimate of drug-likeness (QED) is 0.144. The molecule has 42 heavy (non-hydrogen) atoms. The number of carbonyl (C=O) groups is 1. The Morgan fingerprint density at radius 3 is 2.17 bits per heavy atom. The molecule has 1 fully saturated rings. The number of hydrogen-bond donors (Lipinski definition) is 0. The Bertz CT molecular complexity index is 1640. The fourth-order valence-corrected chi connectivity index (χ4v) is 5.62. The summed E-state index contributed by atoms with van der Waals surface area (Å²) in [7, 11) is -3.32. The van der Waals surface area contributed by atoms with Gasteiger partial charge in [0.25, 0.3) is 0 Å². The Kier molecular flexibility index (Phi) is 9.14. The minimum absolute atomic E-state index is 0.242. The zero-order valence-corrected chi connectivity index (χ0v) is 25.2. The first-order chi connectivity index (χ1) is 20.2. The topological polar surface area (TPSA) is 82.1 Å². The smallest absolute Gasteiger partial charge is 0.313 e. The van der Waals surface area contributed by atoms with Crippen LogP contribution in [-0.4, -0.2) is 51.8 Å². The molecule has 0 aromatic heterocycles. The maximum absolute atomic E-state index is 12.2. The van der Waals surface area contributed by atoms with E-state index in [4.69, 9.17) is 14.2 Å². The van der Waals surface area contributed by atoms with Crippen LogP contribution in [0.15, 0.2) is 83.8 Å². The van der Waals surface area contributed by atoms with Crippen LogP contribution >= 0.6 is 0 Å². The van der Waals surface area contributed by atoms with Crippen LogP contribution in [0.1, 0.15) is 33.1 Å². The summed E-state index contributed by atoms with van der Waals surface area (Å²) in [5.41, 5.74) is 1.61. The van der Waals surface area contributed by atoms with Crippen molar-refractivity contribution in [3.05, 3.63) is 78.9 Å². The van der Waals surface area contributed by atoms with Crippen molar-refractivity contribution in [2.75, 3.05) is 32.5 Å². The molecule has 4 aromatic carbocycles. The minimum atomic E-state index is -3.32. The van der Waals surface area contributed by atoms with Crippen LogP contribution in [0.2, 0.25) is 0 Å². The first kappa shape index (κ1) is 29.6. The zero-order valence-electron chi connectivity index (χ0n) is 24.3. The number of benzene rings is 4. The second-order valence-electron chi connectivity index (χ2n) is 11.0. The number of likely N-dealkylation sites (tertiary alicyclic amines) is 1. The van der Waals surface area contributed by atoms with Crippen molar-refractivity contribution in [3.63, 3.8) is 0 Å². The standard InChI is InChI=1S/C34H37NO6S/c1-24(2)34(36)41-29-14-18-32-26(23-29)9-17-31(25-7-15-30(16-8-25)42(3,37)38)33(32)40-28-12-10-27(11-13-28)39-22-21-35-19-5-4-6-20-35/h7-18,23-24H,4-6,19-22H2,1-3H3. The van der Waals surface area contributed by atoms with Crippen molar-refractivity contribution in [1.82, 2.24) is 4.90 Å². The summed E-state index contributed by atoms with van der Waals surface area (Å²) >= 11 is 0. The summed E-state index contributed by atoms with van der Waals surface area (Å²) in [6, 6.07) is 23.6. The summed E-state index contributed by atoms with van der Waals surface area (Å²) in [5, 5.41) is 1.67. The summed E-state index contributed by atoms with van der Waals surface area (Å²) in [4.78, 5) is 14.9. The van der Waals surface area contributed by atoms with Gasteiger partial charge in [-0.25, -0.2) is 8.42 Å². The van der Waals surface area contributed by atoms with Gasteiger partial charge in [-0.15, -0.1) is 0 Å². The van der Waals surface area contributed by atoms with Crippen molar-refractivity contribution in [3.8, 4) is 34.1 Å². The normalized spacial score (nSPS) is 14.2. The van der Waals surface area contributed by atoms with Crippen molar-refractivity contribution in [2.24, 2.45) is 5.92 Å². The van der Waals surface area contributed by atoms with E-state index in [0.29, 0.717) is 23.9 Å². The molecule has 7 nitrogen and oxygen atoms in total. The predicted molar refractivity (Wildman–Crippen MR) is 165 cm³/mol. The number of sulfone groups is 1. The predicted octanol–water partition coefficient (Wildman–Crippen LogP) is 7.13. The van der Waals surface area contributed by atoms with E-state index < -0.39 is 9.84 Å². The second-order valence-corrected chi connectivity index (χ2v) is 13.0. The highest BCUT2D eigenvalue weighted by atomic mass is 32.2. The molecule has 1 aliphatic rings. The molecule has 1 aliphatic heterocycles. The fourth-order valence-electron chi connectivity index (χ4n) is 4.99. The lowest BCUT2D eigenvalue weighted by atomic mass is 9.99. The molecule has 0 aliphatic carbocycles. The highest BCUT2D eigenvalue weighted by Gasteiger charge is 2.16. The third kappa shape index (κ3) is 7.30. The summed E-state index contributed by atoms with van der Waals surface area (Å²) < 4.78 is 42.1. The summed E-state index contributed by atoms with van der Waals surface area (Å²) in [6.07, 6.45) is 5.02. The highest BCUT2D eigenvalue weighted by molar-refractivity contribution is 7.90. The molecule has 220 valence electrons. The Balaban J connectivity index is 1.42. The maximum Gasteiger partial charge on any atom is 0.313 e. The van der Waals surface area contributed by atoms with Crippen molar-refractivity contribution in [2.45, 2.75) is 38.0 Å². The molecule has 0 amide bonds. The molecule has 0 unspecified atom stereocenters. The van der Waals surface area contributed by atoms with Crippen LogP contribution < -0.4 is 14.2 Å². The Morgan fingerprint density at radius 1 is 0.833 bits per heavy atom. The lowest BCUT2D eigenvalue weighted by Gasteiger charge is -2.26. The lowest BCUT2D eigenvalue weighted by Crippen LogP contribution is -2.33. The van der Waals surface area contributed by atoms with Crippen LogP contribution in [-0.2, 0) is 14.6 Å². The number of carbonyl (C=O) groups excluding carboxylic acids is 1. The van der Waals surface area contributed by atoms with Gasteiger partial charge in [0.1, 0.15) is 29.6 Å². The third-order valence-electron chi connectivity index (χ3n) is 7.39. The van der Waals surface area contributed by atoms with E-state index in [-0.39, 0.29) is 16.8 Å². The van der Waals surface area contributed by atoms with Crippen LogP contribution in [0.3, 0.4) is 0 Å². The third-order valence-corrected chi connectivity index (χ3v) is 8.52. The molecule has 4 aromatic rings. The van der Waals surface area contributed by atoms with E-state index in [2.05, 4.69) is 4.90 Å². The highest BCUT2D eigenvalue weighted by Crippen LogP contribution is 2.41. The molecule has 1 saturated heterocycles. The van der Waals surface area contributed by atoms with Gasteiger partial charge in [-0.05, 0) is 97.5 Å². The SMILES string of the molecule is CC(C)C(=O)Oc1ccc2c(Oc3ccc(OCCN4CCCCC4)cc3)c(-c3ccc(S(C)(=O)=O)cc3)ccc2c1. The number of rotatable bonds is 10. The maximum atomic E-state index is 12.2. The van der Waals surface area contributed by atoms with Crippen molar-refractivity contribution >= 4 is 26.6 Å². The second kappa shape index (κ2) is 13.0. The molecule has 0 atom stereocenters. The average molecular weight is 588 g/mol. The van der Waals surface area contributed by atoms with E-state index in [1.807, 2.05) is 48.5 Å². The molecular weight excluding hydrogens is 550 g/mol. The van der Waals surface area contributed by atoms with Gasteiger partial charge in [0.2, 0.25) is 0 Å². The van der Waals surface area contributed by atoms with Gasteiger partial charge in [-0.3, -0.25) is 9.69 Å². The zero-order chi connectivity index (χ0) is 29.7. The summed E-state index contributed by atoms with van der Waals surface area (Å²) in [5.74, 6) is 1.95.